The van der Waals surface area contributed by atoms with Gasteiger partial charge in [0.1, 0.15) is 68.5 Å². The highest BCUT2D eigenvalue weighted by Gasteiger charge is 2.59. The lowest BCUT2D eigenvalue weighted by molar-refractivity contribution is -0.156. The number of aromatic amines is 1. The fraction of sp³-hybridized carbons (Fsp3) is 0.400. The molecule has 2 heterocycles. The number of nitrogens with zero attached hydrogens (tertiary/aromatic N) is 1. The van der Waals surface area contributed by atoms with E-state index in [1.165, 1.54) is 0 Å². The minimum atomic E-state index is -0.487. The molecule has 1 aliphatic rings. The molecular weight excluding hydrogens is 343 g/mol. The van der Waals surface area contributed by atoms with Crippen LogP contribution in [0.5, 0.6) is 5.75 Å². The second-order valence-electron chi connectivity index (χ2n) is 9.84. The Balaban J connectivity index is 2.06. The lowest BCUT2D eigenvalue weighted by Crippen LogP contribution is -2.86. The molecule has 2 aromatic rings. The number of carbonyl (C=O) groups is 1. The van der Waals surface area contributed by atoms with Crippen LogP contribution in [-0.4, -0.2) is 107 Å². The van der Waals surface area contributed by atoms with Gasteiger partial charge in [0.25, 0.3) is 0 Å². The molecule has 0 radical (unpaired) electrons. The summed E-state index contributed by atoms with van der Waals surface area (Å²) in [6, 6.07) is 5.88. The average molecular weight is 369 g/mol. The molecule has 0 saturated carbocycles. The van der Waals surface area contributed by atoms with Gasteiger partial charge in [-0.1, -0.05) is 6.07 Å². The third-order valence-corrected chi connectivity index (χ3v) is 7.14. The van der Waals surface area contributed by atoms with E-state index in [4.69, 9.17) is 9.47 Å². The first-order chi connectivity index (χ1) is 12.8. The van der Waals surface area contributed by atoms with E-state index in [9.17, 15) is 4.79 Å². The summed E-state index contributed by atoms with van der Waals surface area (Å²) in [4.78, 5) is 19.0. The second kappa shape index (κ2) is 6.51. The van der Waals surface area contributed by atoms with Gasteiger partial charge in [0.05, 0.1) is 13.5 Å². The number of nitrogens with one attached hydrogen (secondary N) is 1. The fourth-order valence-corrected chi connectivity index (χ4v) is 4.52. The third-order valence-electron chi connectivity index (χ3n) is 7.14. The Bertz CT molecular complexity index is 901. The Hall–Kier alpha value is -1.49. The van der Waals surface area contributed by atoms with Crippen molar-refractivity contribution in [2.24, 2.45) is 0 Å². The number of ether oxygens (including phenoxy) is 2. The van der Waals surface area contributed by atoms with Crippen LogP contribution < -0.4 is 4.74 Å². The molecule has 1 amide bonds. The van der Waals surface area contributed by atoms with Crippen molar-refractivity contribution < 1.29 is 14.3 Å². The van der Waals surface area contributed by atoms with Crippen molar-refractivity contribution in [3.05, 3.63) is 30.0 Å². The molecule has 5 nitrogen and oxygen atoms in total. The second-order valence-corrected chi connectivity index (χ2v) is 9.84. The van der Waals surface area contributed by atoms with Crippen LogP contribution in [0.1, 0.15) is 5.56 Å². The van der Waals surface area contributed by atoms with Crippen LogP contribution in [0.3, 0.4) is 0 Å². The highest BCUT2D eigenvalue weighted by atomic mass is 16.5. The van der Waals surface area contributed by atoms with E-state index >= 15 is 0 Å². The van der Waals surface area contributed by atoms with Gasteiger partial charge in [-0.2, -0.15) is 0 Å². The van der Waals surface area contributed by atoms with Crippen molar-refractivity contribution in [1.29, 1.82) is 0 Å². The molecule has 0 bridgehead atoms. The summed E-state index contributed by atoms with van der Waals surface area (Å²) in [5.74, 6) is 0.869. The fourth-order valence-electron chi connectivity index (χ4n) is 4.52. The van der Waals surface area contributed by atoms with Gasteiger partial charge in [-0.3, -0.25) is 4.79 Å². The monoisotopic (exact) mass is 370 g/mol. The van der Waals surface area contributed by atoms with Crippen LogP contribution in [0.2, 0.25) is 0 Å². The van der Waals surface area contributed by atoms with Gasteiger partial charge in [0.2, 0.25) is 5.91 Å². The predicted molar refractivity (Wildman–Crippen MR) is 136 cm³/mol. The number of morpholine rings is 1. The van der Waals surface area contributed by atoms with E-state index < -0.39 is 21.5 Å². The maximum absolute atomic E-state index is 13.7. The normalized spacial score (nSPS) is 22.0. The molecule has 1 N–H and O–H groups in total. The van der Waals surface area contributed by atoms with Crippen LogP contribution in [0, 0.1) is 0 Å². The number of rotatable bonds is 3. The number of fused-ring (bicyclic) bond motifs is 1. The van der Waals surface area contributed by atoms with Crippen molar-refractivity contribution in [2.45, 2.75) is 27.9 Å². The molecule has 3 rings (SSSR count). The summed E-state index contributed by atoms with van der Waals surface area (Å²) in [5.41, 5.74) is 1.93. The molecule has 1 aromatic carbocycles. The van der Waals surface area contributed by atoms with Crippen LogP contribution in [-0.2, 0) is 16.0 Å². The highest BCUT2D eigenvalue weighted by Crippen LogP contribution is 2.40. The zero-order valence-electron chi connectivity index (χ0n) is 18.7. The Morgan fingerprint density at radius 3 is 2.18 bits per heavy atom. The van der Waals surface area contributed by atoms with Crippen molar-refractivity contribution in [3.8, 4) is 5.75 Å². The summed E-state index contributed by atoms with van der Waals surface area (Å²) < 4.78 is 12.0. The van der Waals surface area contributed by atoms with Gasteiger partial charge in [0, 0.05) is 27.9 Å². The Labute approximate surface area is 174 Å². The number of benzene rings is 1. The van der Waals surface area contributed by atoms with E-state index in [2.05, 4.69) is 67.8 Å². The molecule has 13 heteroatoms. The highest BCUT2D eigenvalue weighted by molar-refractivity contribution is 6.59. The first-order valence-corrected chi connectivity index (χ1v) is 9.92. The Morgan fingerprint density at radius 1 is 1.07 bits per heavy atom. The summed E-state index contributed by atoms with van der Waals surface area (Å²) in [7, 11) is 18.3. The molecule has 28 heavy (non-hydrogen) atoms. The minimum Gasteiger partial charge on any atom is -0.496 e. The van der Waals surface area contributed by atoms with Crippen molar-refractivity contribution in [3.63, 3.8) is 0 Å². The lowest BCUT2D eigenvalue weighted by atomic mass is 9.30. The van der Waals surface area contributed by atoms with Gasteiger partial charge in [-0.25, -0.2) is 0 Å². The smallest absolute Gasteiger partial charge is 0.225 e. The molecular formula is C15H26B8N2O3. The average Bonchev–Trinajstić information content (AvgIpc) is 2.95. The molecule has 1 fully saturated rings. The molecule has 0 unspecified atom stereocenters. The molecule has 1 aliphatic heterocycles. The molecule has 0 spiro atoms. The number of hydrogen-bond donors (Lipinski definition) is 1. The Kier molecular flexibility index (Phi) is 4.94. The topological polar surface area (TPSA) is 54.6 Å². The van der Waals surface area contributed by atoms with E-state index in [0.29, 0.717) is 6.42 Å². The largest absolute Gasteiger partial charge is 0.496 e. The lowest BCUT2D eigenvalue weighted by Gasteiger charge is -2.68. The first-order valence-electron chi connectivity index (χ1n) is 9.92. The predicted octanol–water partition coefficient (Wildman–Crippen LogP) is -6.74. The van der Waals surface area contributed by atoms with Crippen LogP contribution in [0.15, 0.2) is 24.4 Å². The zero-order valence-corrected chi connectivity index (χ0v) is 18.7. The summed E-state index contributed by atoms with van der Waals surface area (Å²) >= 11 is 0. The van der Waals surface area contributed by atoms with Crippen LogP contribution in [0.4, 0.5) is 0 Å². The number of H-pyrrole nitrogens is 1. The van der Waals surface area contributed by atoms with Gasteiger partial charge in [-0.05, 0) is 28.4 Å². The van der Waals surface area contributed by atoms with E-state index in [1.807, 2.05) is 29.3 Å². The number of carbonyl (C=O) groups excluding carboxylic acids is 1. The SMILES string of the molecule is BC1(B)OC(B)(B)C(B)(B)N(C(=O)Cc2c[nH]c3cccc(OC)c23)C1(B)B. The number of hydrogen-bond acceptors (Lipinski definition) is 3. The Morgan fingerprint density at radius 2 is 1.64 bits per heavy atom. The van der Waals surface area contributed by atoms with E-state index in [-0.39, 0.29) is 5.91 Å². The molecule has 0 aliphatic carbocycles. The summed E-state index contributed by atoms with van der Waals surface area (Å²) in [6.07, 6.45) is 2.22. The maximum Gasteiger partial charge on any atom is 0.225 e. The van der Waals surface area contributed by atoms with Crippen LogP contribution in [0.25, 0.3) is 10.9 Å². The van der Waals surface area contributed by atoms with Crippen molar-refractivity contribution >= 4 is 79.6 Å². The number of amides is 1. The van der Waals surface area contributed by atoms with Crippen molar-refractivity contribution in [1.82, 2.24) is 9.88 Å². The molecule has 1 aromatic heterocycles. The van der Waals surface area contributed by atoms with Gasteiger partial charge < -0.3 is 19.4 Å². The molecule has 0 atom stereocenters. The van der Waals surface area contributed by atoms with Crippen LogP contribution >= 0.6 is 0 Å². The van der Waals surface area contributed by atoms with Gasteiger partial charge >= 0.3 is 0 Å². The third kappa shape index (κ3) is 2.97. The van der Waals surface area contributed by atoms with Gasteiger partial charge in [-0.15, -0.1) is 0 Å². The van der Waals surface area contributed by atoms with Crippen molar-refractivity contribution in [2.75, 3.05) is 7.11 Å². The summed E-state index contributed by atoms with van der Waals surface area (Å²) in [6.45, 7) is 0. The number of methoxy groups -OCH3 is 1. The molecule has 138 valence electrons. The number of aromatic nitrogens is 1. The first kappa shape index (κ1) is 21.2. The quantitative estimate of drug-likeness (QED) is 0.548. The summed E-state index contributed by atoms with van der Waals surface area (Å²) in [5, 5.41) is -0.946. The molecule has 1 saturated heterocycles. The standard InChI is InChI=1S/C15H26B8N2O3/c1-27-9-4-2-3-8-11(9)7(6-24-8)5-10(26)25-12(16,17)14(20,21)28-15(22,23)13(25,18)19/h2-4,6,24H,5,16-23H2,1H3. The zero-order chi connectivity index (χ0) is 21.1. The van der Waals surface area contributed by atoms with E-state index in [1.54, 1.807) is 7.11 Å². The van der Waals surface area contributed by atoms with E-state index in [0.717, 1.165) is 22.2 Å². The minimum absolute atomic E-state index is 0.0891. The van der Waals surface area contributed by atoms with Gasteiger partial charge in [0.15, 0.2) is 0 Å². The maximum atomic E-state index is 13.7.